The summed E-state index contributed by atoms with van der Waals surface area (Å²) in [5.74, 6) is 6.84. The number of nitrogens with one attached hydrogen (secondary N) is 2. The fourth-order valence-electron chi connectivity index (χ4n) is 1.87. The summed E-state index contributed by atoms with van der Waals surface area (Å²) >= 11 is 1.68. The zero-order valence-electron chi connectivity index (χ0n) is 10.4. The average Bonchev–Trinajstić information content (AvgIpc) is 2.89. The standard InChI is InChI=1S/C10H14N4O4S2/c11-12-9-5-8(1-2-10(9)14(15)16)20(17,18)13-7-3-4-19-6-7/h1-2,5,7,12-13H,3-4,6,11H2. The molecule has 1 unspecified atom stereocenters. The van der Waals surface area contributed by atoms with E-state index in [1.54, 1.807) is 11.8 Å². The van der Waals surface area contributed by atoms with Gasteiger partial charge in [-0.1, -0.05) is 0 Å². The molecule has 4 N–H and O–H groups in total. The first-order valence-electron chi connectivity index (χ1n) is 5.79. The Morgan fingerprint density at radius 3 is 2.75 bits per heavy atom. The van der Waals surface area contributed by atoms with Gasteiger partial charge in [0.15, 0.2) is 0 Å². The Morgan fingerprint density at radius 1 is 1.45 bits per heavy atom. The number of nitro groups is 1. The van der Waals surface area contributed by atoms with Gasteiger partial charge in [0.05, 0.1) is 9.82 Å². The number of hydrogen-bond acceptors (Lipinski definition) is 7. The van der Waals surface area contributed by atoms with Crippen LogP contribution in [0.15, 0.2) is 23.1 Å². The Balaban J connectivity index is 2.29. The van der Waals surface area contributed by atoms with E-state index in [-0.39, 0.29) is 22.3 Å². The Kier molecular flexibility index (Phi) is 4.48. The third kappa shape index (κ3) is 3.20. The molecule has 1 fully saturated rings. The van der Waals surface area contributed by atoms with Crippen molar-refractivity contribution in [1.29, 1.82) is 0 Å². The van der Waals surface area contributed by atoms with Gasteiger partial charge in [0.2, 0.25) is 10.0 Å². The number of hydrogen-bond donors (Lipinski definition) is 3. The van der Waals surface area contributed by atoms with Crippen molar-refractivity contribution < 1.29 is 13.3 Å². The van der Waals surface area contributed by atoms with Crippen LogP contribution in [0.5, 0.6) is 0 Å². The number of nitrogens with zero attached hydrogens (tertiary/aromatic N) is 1. The maximum atomic E-state index is 12.2. The minimum absolute atomic E-state index is 0.0429. The van der Waals surface area contributed by atoms with Crippen LogP contribution in [-0.2, 0) is 10.0 Å². The van der Waals surface area contributed by atoms with Crippen LogP contribution >= 0.6 is 11.8 Å². The summed E-state index contributed by atoms with van der Waals surface area (Å²) in [6.45, 7) is 0. The van der Waals surface area contributed by atoms with E-state index >= 15 is 0 Å². The number of nitrogens with two attached hydrogens (primary N) is 1. The van der Waals surface area contributed by atoms with Crippen LogP contribution < -0.4 is 16.0 Å². The topological polar surface area (TPSA) is 127 Å². The Labute approximate surface area is 120 Å². The summed E-state index contributed by atoms with van der Waals surface area (Å²) in [6.07, 6.45) is 0.777. The van der Waals surface area contributed by atoms with Crippen molar-refractivity contribution in [3.63, 3.8) is 0 Å². The van der Waals surface area contributed by atoms with Crippen LogP contribution in [0.4, 0.5) is 11.4 Å². The quantitative estimate of drug-likeness (QED) is 0.413. The van der Waals surface area contributed by atoms with Gasteiger partial charge < -0.3 is 5.43 Å². The predicted octanol–water partition coefficient (Wildman–Crippen LogP) is 0.664. The van der Waals surface area contributed by atoms with Crippen LogP contribution in [0.1, 0.15) is 6.42 Å². The summed E-state index contributed by atoms with van der Waals surface area (Å²) in [6, 6.07) is 3.37. The molecular formula is C10H14N4O4S2. The molecule has 1 aromatic rings. The molecule has 0 amide bonds. The first-order chi connectivity index (χ1) is 9.44. The number of nitro benzene ring substituents is 1. The second-order valence-electron chi connectivity index (χ2n) is 4.26. The molecule has 1 atom stereocenters. The molecule has 8 nitrogen and oxygen atoms in total. The lowest BCUT2D eigenvalue weighted by Crippen LogP contribution is -2.34. The predicted molar refractivity (Wildman–Crippen MR) is 77.0 cm³/mol. The molecule has 1 aliphatic heterocycles. The number of sulfonamides is 1. The van der Waals surface area contributed by atoms with Crippen LogP contribution in [0.3, 0.4) is 0 Å². The lowest BCUT2D eigenvalue weighted by molar-refractivity contribution is -0.384. The summed E-state index contributed by atoms with van der Waals surface area (Å²) < 4.78 is 26.9. The molecule has 1 saturated heterocycles. The highest BCUT2D eigenvalue weighted by molar-refractivity contribution is 7.99. The molecule has 1 heterocycles. The maximum Gasteiger partial charge on any atom is 0.293 e. The molecule has 0 aliphatic carbocycles. The summed E-state index contributed by atoms with van der Waals surface area (Å²) in [7, 11) is -3.70. The minimum atomic E-state index is -3.70. The lowest BCUT2D eigenvalue weighted by Gasteiger charge is -2.12. The molecule has 2 rings (SSSR count). The van der Waals surface area contributed by atoms with Gasteiger partial charge in [0.1, 0.15) is 5.69 Å². The first-order valence-corrected chi connectivity index (χ1v) is 8.43. The largest absolute Gasteiger partial charge is 0.318 e. The Bertz CT molecular complexity index is 614. The van der Waals surface area contributed by atoms with Crippen LogP contribution in [0.25, 0.3) is 0 Å². The van der Waals surface area contributed by atoms with Crippen molar-refractivity contribution in [2.24, 2.45) is 5.84 Å². The number of rotatable bonds is 5. The number of hydrazine groups is 1. The van der Waals surface area contributed by atoms with Crippen molar-refractivity contribution in [1.82, 2.24) is 4.72 Å². The van der Waals surface area contributed by atoms with E-state index in [9.17, 15) is 18.5 Å². The molecule has 10 heteroatoms. The van der Waals surface area contributed by atoms with Crippen molar-refractivity contribution in [3.8, 4) is 0 Å². The summed E-state index contributed by atoms with van der Waals surface area (Å²) in [5.41, 5.74) is 1.83. The SMILES string of the molecule is NNc1cc(S(=O)(=O)NC2CCSC2)ccc1[N+](=O)[O-]. The van der Waals surface area contributed by atoms with Gasteiger partial charge in [0.25, 0.3) is 5.69 Å². The molecule has 110 valence electrons. The monoisotopic (exact) mass is 318 g/mol. The van der Waals surface area contributed by atoms with Crippen LogP contribution in [-0.4, -0.2) is 30.9 Å². The third-order valence-corrected chi connectivity index (χ3v) is 5.56. The Hall–Kier alpha value is -1.36. The zero-order valence-corrected chi connectivity index (χ0v) is 12.0. The number of nitrogen functional groups attached to an aromatic ring is 1. The van der Waals surface area contributed by atoms with Gasteiger partial charge in [0, 0.05) is 17.9 Å². The van der Waals surface area contributed by atoms with E-state index in [1.165, 1.54) is 6.07 Å². The fourth-order valence-corrected chi connectivity index (χ4v) is 4.43. The molecule has 1 aliphatic rings. The van der Waals surface area contributed by atoms with Crippen LogP contribution in [0.2, 0.25) is 0 Å². The molecule has 0 spiro atoms. The Morgan fingerprint density at radius 2 is 2.20 bits per heavy atom. The fraction of sp³-hybridized carbons (Fsp3) is 0.400. The van der Waals surface area contributed by atoms with Crippen molar-refractivity contribution in [2.45, 2.75) is 17.4 Å². The van der Waals surface area contributed by atoms with Gasteiger partial charge in [-0.2, -0.15) is 11.8 Å². The maximum absolute atomic E-state index is 12.2. The van der Waals surface area contributed by atoms with Gasteiger partial charge in [-0.05, 0) is 24.3 Å². The highest BCUT2D eigenvalue weighted by Crippen LogP contribution is 2.27. The van der Waals surface area contributed by atoms with Gasteiger partial charge in [-0.15, -0.1) is 0 Å². The number of benzene rings is 1. The molecule has 0 bridgehead atoms. The molecule has 20 heavy (non-hydrogen) atoms. The highest BCUT2D eigenvalue weighted by Gasteiger charge is 2.25. The second kappa shape index (κ2) is 5.95. The second-order valence-corrected chi connectivity index (χ2v) is 7.13. The molecule has 0 saturated carbocycles. The third-order valence-electron chi connectivity index (χ3n) is 2.88. The molecule has 1 aromatic carbocycles. The summed E-state index contributed by atoms with van der Waals surface area (Å²) in [4.78, 5) is 10.1. The first kappa shape index (κ1) is 15.0. The van der Waals surface area contributed by atoms with E-state index < -0.39 is 14.9 Å². The van der Waals surface area contributed by atoms with Crippen LogP contribution in [0, 0.1) is 10.1 Å². The van der Waals surface area contributed by atoms with Crippen molar-refractivity contribution in [3.05, 3.63) is 28.3 Å². The lowest BCUT2D eigenvalue weighted by atomic mass is 10.3. The zero-order chi connectivity index (χ0) is 14.8. The van der Waals surface area contributed by atoms with E-state index in [4.69, 9.17) is 5.84 Å². The average molecular weight is 318 g/mol. The van der Waals surface area contributed by atoms with Crippen molar-refractivity contribution in [2.75, 3.05) is 16.9 Å². The summed E-state index contributed by atoms with van der Waals surface area (Å²) in [5, 5.41) is 10.8. The van der Waals surface area contributed by atoms with E-state index in [0.29, 0.717) is 0 Å². The normalized spacial score (nSPS) is 18.9. The highest BCUT2D eigenvalue weighted by atomic mass is 32.2. The smallest absolute Gasteiger partial charge is 0.293 e. The minimum Gasteiger partial charge on any atom is -0.318 e. The molecular weight excluding hydrogens is 304 g/mol. The van der Waals surface area contributed by atoms with Gasteiger partial charge in [-0.25, -0.2) is 13.1 Å². The van der Waals surface area contributed by atoms with E-state index in [2.05, 4.69) is 10.1 Å². The molecule has 0 aromatic heterocycles. The van der Waals surface area contributed by atoms with E-state index in [1.807, 2.05) is 0 Å². The molecule has 0 radical (unpaired) electrons. The van der Waals surface area contributed by atoms with E-state index in [0.717, 1.165) is 30.1 Å². The van der Waals surface area contributed by atoms with Crippen molar-refractivity contribution >= 4 is 33.2 Å². The van der Waals surface area contributed by atoms with Gasteiger partial charge >= 0.3 is 0 Å². The number of anilines is 1. The van der Waals surface area contributed by atoms with Gasteiger partial charge in [-0.3, -0.25) is 16.0 Å². The number of thioether (sulfide) groups is 1.